The molecule has 0 aliphatic heterocycles. The van der Waals surface area contributed by atoms with Gasteiger partial charge in [0.2, 0.25) is 5.91 Å². The zero-order valence-corrected chi connectivity index (χ0v) is 14.0. The molecule has 0 aliphatic carbocycles. The maximum atomic E-state index is 12.2. The Morgan fingerprint density at radius 3 is 2.14 bits per heavy atom. The number of nitrogens with one attached hydrogen (secondary N) is 2. The molecular formula is C19H24N2O. The van der Waals surface area contributed by atoms with Gasteiger partial charge in [0.05, 0.1) is 6.54 Å². The first-order valence-electron chi connectivity index (χ1n) is 7.55. The van der Waals surface area contributed by atoms with Gasteiger partial charge in [0.15, 0.2) is 0 Å². The highest BCUT2D eigenvalue weighted by atomic mass is 16.1. The van der Waals surface area contributed by atoms with Crippen LogP contribution in [0.1, 0.15) is 27.8 Å². The average molecular weight is 296 g/mol. The van der Waals surface area contributed by atoms with Crippen molar-refractivity contribution in [2.45, 2.75) is 34.6 Å². The molecule has 0 atom stereocenters. The molecule has 116 valence electrons. The van der Waals surface area contributed by atoms with Gasteiger partial charge in [-0.25, -0.2) is 0 Å². The lowest BCUT2D eigenvalue weighted by molar-refractivity contribution is -0.114. The van der Waals surface area contributed by atoms with Crippen LogP contribution in [0.3, 0.4) is 0 Å². The van der Waals surface area contributed by atoms with Crippen LogP contribution >= 0.6 is 0 Å². The summed E-state index contributed by atoms with van der Waals surface area (Å²) in [4.78, 5) is 12.2. The van der Waals surface area contributed by atoms with Crippen molar-refractivity contribution in [3.63, 3.8) is 0 Å². The number of carbonyl (C=O) groups is 1. The fourth-order valence-electron chi connectivity index (χ4n) is 2.69. The molecule has 0 fully saturated rings. The molecule has 0 spiro atoms. The van der Waals surface area contributed by atoms with Gasteiger partial charge in [-0.2, -0.15) is 0 Å². The maximum absolute atomic E-state index is 12.2. The number of carbonyl (C=O) groups excluding carboxylic acids is 1. The SMILES string of the molecule is Cc1cc(C)c(NCC(=O)Nc2cc(C)ccc2C)c(C)c1. The van der Waals surface area contributed by atoms with Gasteiger partial charge in [-0.15, -0.1) is 0 Å². The zero-order valence-electron chi connectivity index (χ0n) is 14.0. The van der Waals surface area contributed by atoms with Gasteiger partial charge in [-0.3, -0.25) is 4.79 Å². The van der Waals surface area contributed by atoms with E-state index in [1.807, 2.05) is 32.0 Å². The summed E-state index contributed by atoms with van der Waals surface area (Å²) < 4.78 is 0. The lowest BCUT2D eigenvalue weighted by Gasteiger charge is -2.14. The van der Waals surface area contributed by atoms with E-state index in [0.717, 1.165) is 33.6 Å². The molecule has 0 aromatic heterocycles. The van der Waals surface area contributed by atoms with Gasteiger partial charge in [-0.1, -0.05) is 29.8 Å². The van der Waals surface area contributed by atoms with Crippen molar-refractivity contribution >= 4 is 17.3 Å². The minimum absolute atomic E-state index is 0.0342. The van der Waals surface area contributed by atoms with Crippen molar-refractivity contribution in [1.29, 1.82) is 0 Å². The highest BCUT2D eigenvalue weighted by Crippen LogP contribution is 2.22. The van der Waals surface area contributed by atoms with Crippen LogP contribution in [0.2, 0.25) is 0 Å². The fraction of sp³-hybridized carbons (Fsp3) is 0.316. The zero-order chi connectivity index (χ0) is 16.3. The van der Waals surface area contributed by atoms with Gasteiger partial charge in [0.1, 0.15) is 0 Å². The maximum Gasteiger partial charge on any atom is 0.243 e. The van der Waals surface area contributed by atoms with Gasteiger partial charge in [0, 0.05) is 11.4 Å². The summed E-state index contributed by atoms with van der Waals surface area (Å²) in [6.07, 6.45) is 0. The molecule has 0 heterocycles. The Hall–Kier alpha value is -2.29. The van der Waals surface area contributed by atoms with Gasteiger partial charge in [0.25, 0.3) is 0 Å². The highest BCUT2D eigenvalue weighted by molar-refractivity contribution is 5.94. The lowest BCUT2D eigenvalue weighted by Crippen LogP contribution is -2.23. The molecule has 0 saturated carbocycles. The predicted octanol–water partition coefficient (Wildman–Crippen LogP) is 4.28. The third-order valence-electron chi connectivity index (χ3n) is 3.77. The van der Waals surface area contributed by atoms with Crippen LogP contribution in [0.5, 0.6) is 0 Å². The third-order valence-corrected chi connectivity index (χ3v) is 3.77. The smallest absolute Gasteiger partial charge is 0.243 e. The number of hydrogen-bond donors (Lipinski definition) is 2. The summed E-state index contributed by atoms with van der Waals surface area (Å²) in [7, 11) is 0. The van der Waals surface area contributed by atoms with E-state index in [2.05, 4.69) is 43.5 Å². The van der Waals surface area contributed by atoms with Crippen LogP contribution in [0.4, 0.5) is 11.4 Å². The quantitative estimate of drug-likeness (QED) is 0.884. The van der Waals surface area contributed by atoms with Crippen LogP contribution in [0.25, 0.3) is 0 Å². The van der Waals surface area contributed by atoms with E-state index < -0.39 is 0 Å². The minimum Gasteiger partial charge on any atom is -0.376 e. The van der Waals surface area contributed by atoms with Gasteiger partial charge < -0.3 is 10.6 Å². The molecule has 0 bridgehead atoms. The molecule has 2 aromatic carbocycles. The second-order valence-electron chi connectivity index (χ2n) is 5.99. The summed E-state index contributed by atoms with van der Waals surface area (Å²) in [5.41, 5.74) is 7.70. The summed E-state index contributed by atoms with van der Waals surface area (Å²) in [5, 5.41) is 6.22. The molecular weight excluding hydrogens is 272 g/mol. The standard InChI is InChI=1S/C19H24N2O/c1-12-6-7-14(3)17(10-12)21-18(22)11-20-19-15(4)8-13(2)9-16(19)5/h6-10,20H,11H2,1-5H3,(H,21,22). The first kappa shape index (κ1) is 16.1. The van der Waals surface area contributed by atoms with E-state index in [1.54, 1.807) is 0 Å². The number of hydrogen-bond acceptors (Lipinski definition) is 2. The lowest BCUT2D eigenvalue weighted by atomic mass is 10.1. The van der Waals surface area contributed by atoms with Gasteiger partial charge in [-0.05, 0) is 62.9 Å². The Bertz CT molecular complexity index is 682. The topological polar surface area (TPSA) is 41.1 Å². The number of anilines is 2. The van der Waals surface area contributed by atoms with Gasteiger partial charge >= 0.3 is 0 Å². The number of amides is 1. The van der Waals surface area contributed by atoms with Crippen LogP contribution < -0.4 is 10.6 Å². The van der Waals surface area contributed by atoms with Crippen molar-refractivity contribution in [1.82, 2.24) is 0 Å². The predicted molar refractivity (Wildman–Crippen MR) is 93.7 cm³/mol. The Labute approximate surface area is 132 Å². The molecule has 0 aliphatic rings. The van der Waals surface area contributed by atoms with Crippen molar-refractivity contribution in [2.24, 2.45) is 0 Å². The summed E-state index contributed by atoms with van der Waals surface area (Å²) >= 11 is 0. The minimum atomic E-state index is -0.0342. The summed E-state index contributed by atoms with van der Waals surface area (Å²) in [5.74, 6) is -0.0342. The second-order valence-corrected chi connectivity index (χ2v) is 5.99. The van der Waals surface area contributed by atoms with E-state index in [1.165, 1.54) is 5.56 Å². The largest absolute Gasteiger partial charge is 0.376 e. The van der Waals surface area contributed by atoms with Crippen molar-refractivity contribution in [3.8, 4) is 0 Å². The van der Waals surface area contributed by atoms with Crippen molar-refractivity contribution < 1.29 is 4.79 Å². The average Bonchev–Trinajstić information content (AvgIpc) is 2.41. The molecule has 2 N–H and O–H groups in total. The Morgan fingerprint density at radius 2 is 1.50 bits per heavy atom. The molecule has 0 radical (unpaired) electrons. The summed E-state index contributed by atoms with van der Waals surface area (Å²) in [6, 6.07) is 10.3. The van der Waals surface area contributed by atoms with E-state index >= 15 is 0 Å². The first-order valence-corrected chi connectivity index (χ1v) is 7.55. The molecule has 1 amide bonds. The van der Waals surface area contributed by atoms with Crippen molar-refractivity contribution in [3.05, 3.63) is 58.1 Å². The summed E-state index contributed by atoms with van der Waals surface area (Å²) in [6.45, 7) is 10.5. The third kappa shape index (κ3) is 3.88. The molecule has 3 nitrogen and oxygen atoms in total. The van der Waals surface area contributed by atoms with E-state index in [9.17, 15) is 4.79 Å². The Balaban J connectivity index is 2.03. The molecule has 0 saturated heterocycles. The molecule has 2 aromatic rings. The van der Waals surface area contributed by atoms with Crippen molar-refractivity contribution in [2.75, 3.05) is 17.2 Å². The molecule has 3 heteroatoms. The molecule has 2 rings (SSSR count). The monoisotopic (exact) mass is 296 g/mol. The Kier molecular flexibility index (Phi) is 4.86. The molecule has 0 unspecified atom stereocenters. The van der Waals surface area contributed by atoms with Crippen LogP contribution in [0.15, 0.2) is 30.3 Å². The number of benzene rings is 2. The normalized spacial score (nSPS) is 10.4. The van der Waals surface area contributed by atoms with Crippen LogP contribution in [0, 0.1) is 34.6 Å². The van der Waals surface area contributed by atoms with E-state index in [-0.39, 0.29) is 12.5 Å². The number of aryl methyl sites for hydroxylation is 5. The van der Waals surface area contributed by atoms with Crippen LogP contribution in [-0.4, -0.2) is 12.5 Å². The first-order chi connectivity index (χ1) is 10.4. The van der Waals surface area contributed by atoms with E-state index in [0.29, 0.717) is 0 Å². The van der Waals surface area contributed by atoms with Crippen LogP contribution in [-0.2, 0) is 4.79 Å². The highest BCUT2D eigenvalue weighted by Gasteiger charge is 2.08. The second kappa shape index (κ2) is 6.65. The Morgan fingerprint density at radius 1 is 0.864 bits per heavy atom. The van der Waals surface area contributed by atoms with E-state index in [4.69, 9.17) is 0 Å². The molecule has 22 heavy (non-hydrogen) atoms. The fourth-order valence-corrected chi connectivity index (χ4v) is 2.69. The number of rotatable bonds is 4.